The third-order valence-electron chi connectivity index (χ3n) is 2.61. The van der Waals surface area contributed by atoms with Gasteiger partial charge in [-0.1, -0.05) is 0 Å². The lowest BCUT2D eigenvalue weighted by atomic mass is 10.2. The van der Waals surface area contributed by atoms with E-state index >= 15 is 0 Å². The van der Waals surface area contributed by atoms with E-state index in [9.17, 15) is 17.4 Å². The topological polar surface area (TPSA) is 80.3 Å². The zero-order chi connectivity index (χ0) is 15.3. The Kier molecular flexibility index (Phi) is 6.16. The summed E-state index contributed by atoms with van der Waals surface area (Å²) < 4.78 is 33.1. The molecular formula is C12H16ClNO4S2. The number of benzene rings is 1. The molecule has 0 bridgehead atoms. The lowest BCUT2D eigenvalue weighted by Crippen LogP contribution is -2.33. The molecule has 8 heteroatoms. The van der Waals surface area contributed by atoms with Gasteiger partial charge in [0.2, 0.25) is 0 Å². The predicted molar refractivity (Wildman–Crippen MR) is 80.0 cm³/mol. The minimum Gasteiger partial charge on any atom is -0.350 e. The number of rotatable bonds is 6. The highest BCUT2D eigenvalue weighted by Crippen LogP contribution is 2.15. The van der Waals surface area contributed by atoms with Crippen molar-refractivity contribution >= 4 is 36.4 Å². The van der Waals surface area contributed by atoms with Crippen LogP contribution in [0.2, 0.25) is 0 Å². The highest BCUT2D eigenvalue weighted by Gasteiger charge is 2.13. The lowest BCUT2D eigenvalue weighted by Gasteiger charge is -2.13. The minimum absolute atomic E-state index is 0.0508. The Balaban J connectivity index is 2.66. The summed E-state index contributed by atoms with van der Waals surface area (Å²) in [5.74, 6) is 0.211. The number of hydrogen-bond donors (Lipinski definition) is 1. The third kappa shape index (κ3) is 5.60. The third-order valence-corrected chi connectivity index (χ3v) is 4.79. The zero-order valence-corrected chi connectivity index (χ0v) is 13.5. The summed E-state index contributed by atoms with van der Waals surface area (Å²) in [6.07, 6.45) is 2.23. The fourth-order valence-corrected chi connectivity index (χ4v) is 2.95. The molecule has 0 aliphatic rings. The molecule has 112 valence electrons. The Morgan fingerprint density at radius 1 is 1.35 bits per heavy atom. The molecule has 0 aliphatic carbocycles. The van der Waals surface area contributed by atoms with Crippen LogP contribution in [0.15, 0.2) is 29.2 Å². The summed E-state index contributed by atoms with van der Waals surface area (Å²) in [7, 11) is 0.518. The molecule has 0 fully saturated rings. The molecule has 0 spiro atoms. The Bertz CT molecular complexity index is 598. The quantitative estimate of drug-likeness (QED) is 0.798. The van der Waals surface area contributed by atoms with Crippen molar-refractivity contribution in [2.24, 2.45) is 0 Å². The molecule has 0 saturated carbocycles. The van der Waals surface area contributed by atoms with Crippen molar-refractivity contribution in [2.75, 3.05) is 12.0 Å². The maximum absolute atomic E-state index is 11.9. The van der Waals surface area contributed by atoms with Gasteiger partial charge in [-0.25, -0.2) is 8.42 Å². The van der Waals surface area contributed by atoms with Crippen molar-refractivity contribution in [1.82, 2.24) is 5.32 Å². The van der Waals surface area contributed by atoms with Gasteiger partial charge in [-0.3, -0.25) is 9.00 Å². The van der Waals surface area contributed by atoms with Crippen molar-refractivity contribution in [3.63, 3.8) is 0 Å². The van der Waals surface area contributed by atoms with Gasteiger partial charge in [0.05, 0.1) is 4.90 Å². The van der Waals surface area contributed by atoms with Gasteiger partial charge < -0.3 is 5.32 Å². The molecule has 1 aromatic rings. The van der Waals surface area contributed by atoms with E-state index in [1.54, 1.807) is 6.26 Å². The van der Waals surface area contributed by atoms with E-state index < -0.39 is 19.9 Å². The van der Waals surface area contributed by atoms with Crippen LogP contribution in [0.4, 0.5) is 0 Å². The van der Waals surface area contributed by atoms with Crippen LogP contribution in [-0.2, 0) is 19.9 Å². The SMILES string of the molecule is CC(CCS(C)=O)NC(=O)c1ccc(S(=O)(=O)Cl)cc1. The number of amides is 1. The van der Waals surface area contributed by atoms with Gasteiger partial charge in [0.1, 0.15) is 0 Å². The second kappa shape index (κ2) is 7.19. The highest BCUT2D eigenvalue weighted by atomic mass is 35.7. The summed E-state index contributed by atoms with van der Waals surface area (Å²) in [5.41, 5.74) is 0.346. The molecule has 1 amide bonds. The van der Waals surface area contributed by atoms with Crippen molar-refractivity contribution in [2.45, 2.75) is 24.3 Å². The summed E-state index contributed by atoms with van der Waals surface area (Å²) in [6.45, 7) is 1.82. The lowest BCUT2D eigenvalue weighted by molar-refractivity contribution is 0.0939. The van der Waals surface area contributed by atoms with Crippen LogP contribution in [0.3, 0.4) is 0 Å². The first-order chi connectivity index (χ1) is 9.20. The van der Waals surface area contributed by atoms with Crippen LogP contribution in [-0.4, -0.2) is 36.6 Å². The van der Waals surface area contributed by atoms with Crippen LogP contribution >= 0.6 is 10.7 Å². The average Bonchev–Trinajstić information content (AvgIpc) is 2.35. The Labute approximate surface area is 125 Å². The van der Waals surface area contributed by atoms with Crippen molar-refractivity contribution < 1.29 is 17.4 Å². The molecular weight excluding hydrogens is 322 g/mol. The number of carbonyl (C=O) groups excluding carboxylic acids is 1. The summed E-state index contributed by atoms with van der Waals surface area (Å²) >= 11 is 0. The Morgan fingerprint density at radius 2 is 1.90 bits per heavy atom. The normalized spacial score (nSPS) is 14.6. The predicted octanol–water partition coefficient (Wildman–Crippen LogP) is 1.50. The fraction of sp³-hybridized carbons (Fsp3) is 0.417. The second-order valence-corrected chi connectivity index (χ2v) is 8.52. The first-order valence-electron chi connectivity index (χ1n) is 5.86. The Hall–Kier alpha value is -0.920. The van der Waals surface area contributed by atoms with E-state index in [0.717, 1.165) is 0 Å². The molecule has 1 aromatic carbocycles. The molecule has 2 atom stereocenters. The Morgan fingerprint density at radius 3 is 2.35 bits per heavy atom. The van der Waals surface area contributed by atoms with E-state index in [1.807, 2.05) is 6.92 Å². The van der Waals surface area contributed by atoms with Crippen LogP contribution in [0.25, 0.3) is 0 Å². The summed E-state index contributed by atoms with van der Waals surface area (Å²) in [5, 5.41) is 2.75. The van der Waals surface area contributed by atoms with Gasteiger partial charge in [0, 0.05) is 45.1 Å². The molecule has 0 saturated heterocycles. The highest BCUT2D eigenvalue weighted by molar-refractivity contribution is 8.13. The van der Waals surface area contributed by atoms with Crippen LogP contribution in [0.1, 0.15) is 23.7 Å². The summed E-state index contributed by atoms with van der Waals surface area (Å²) in [4.78, 5) is 11.8. The molecule has 20 heavy (non-hydrogen) atoms. The zero-order valence-electron chi connectivity index (χ0n) is 11.1. The maximum Gasteiger partial charge on any atom is 0.261 e. The monoisotopic (exact) mass is 337 g/mol. The molecule has 5 nitrogen and oxygen atoms in total. The van der Waals surface area contributed by atoms with E-state index in [4.69, 9.17) is 10.7 Å². The standard InChI is InChI=1S/C12H16ClNO4S2/c1-9(7-8-19(2)16)14-12(15)10-3-5-11(6-4-10)20(13,17)18/h3-6,9H,7-8H2,1-2H3,(H,14,15). The molecule has 0 radical (unpaired) electrons. The number of nitrogens with one attached hydrogen (secondary N) is 1. The van der Waals surface area contributed by atoms with Gasteiger partial charge in [0.15, 0.2) is 0 Å². The van der Waals surface area contributed by atoms with Gasteiger partial charge >= 0.3 is 0 Å². The largest absolute Gasteiger partial charge is 0.350 e. The molecule has 2 unspecified atom stereocenters. The van der Waals surface area contributed by atoms with E-state index in [2.05, 4.69) is 5.32 Å². The van der Waals surface area contributed by atoms with Gasteiger partial charge in [-0.05, 0) is 37.6 Å². The van der Waals surface area contributed by atoms with Crippen molar-refractivity contribution in [3.8, 4) is 0 Å². The van der Waals surface area contributed by atoms with Gasteiger partial charge in [-0.15, -0.1) is 0 Å². The average molecular weight is 338 g/mol. The van der Waals surface area contributed by atoms with E-state index in [0.29, 0.717) is 17.7 Å². The molecule has 1 N–H and O–H groups in total. The van der Waals surface area contributed by atoms with Crippen LogP contribution in [0.5, 0.6) is 0 Å². The molecule has 1 rings (SSSR count). The molecule has 0 aliphatic heterocycles. The smallest absolute Gasteiger partial charge is 0.261 e. The first-order valence-corrected chi connectivity index (χ1v) is 9.89. The minimum atomic E-state index is -3.78. The number of hydrogen-bond acceptors (Lipinski definition) is 4. The van der Waals surface area contributed by atoms with Gasteiger partial charge in [-0.2, -0.15) is 0 Å². The fourth-order valence-electron chi connectivity index (χ4n) is 1.49. The molecule has 0 aromatic heterocycles. The van der Waals surface area contributed by atoms with Gasteiger partial charge in [0.25, 0.3) is 15.0 Å². The van der Waals surface area contributed by atoms with Crippen molar-refractivity contribution in [1.29, 1.82) is 0 Å². The summed E-state index contributed by atoms with van der Waals surface area (Å²) in [6, 6.07) is 5.25. The van der Waals surface area contributed by atoms with Crippen LogP contribution in [0, 0.1) is 0 Å². The number of carbonyl (C=O) groups is 1. The first kappa shape index (κ1) is 17.1. The maximum atomic E-state index is 11.9. The van der Waals surface area contributed by atoms with Crippen molar-refractivity contribution in [3.05, 3.63) is 29.8 Å². The molecule has 0 heterocycles. The van der Waals surface area contributed by atoms with Crippen LogP contribution < -0.4 is 5.32 Å². The number of halogens is 1. The van der Waals surface area contributed by atoms with E-state index in [-0.39, 0.29) is 16.8 Å². The van der Waals surface area contributed by atoms with E-state index in [1.165, 1.54) is 24.3 Å². The second-order valence-electron chi connectivity index (χ2n) is 4.40.